The van der Waals surface area contributed by atoms with Crippen LogP contribution in [0.1, 0.15) is 17.5 Å². The Morgan fingerprint density at radius 3 is 2.62 bits per heavy atom. The predicted octanol–water partition coefficient (Wildman–Crippen LogP) is 3.11. The maximum atomic E-state index is 12.3. The van der Waals surface area contributed by atoms with E-state index in [0.717, 1.165) is 15.6 Å². The summed E-state index contributed by atoms with van der Waals surface area (Å²) in [7, 11) is 0. The van der Waals surface area contributed by atoms with Crippen LogP contribution in [0.25, 0.3) is 0 Å². The Morgan fingerprint density at radius 2 is 1.88 bits per heavy atom. The molecule has 1 atom stereocenters. The zero-order valence-electron chi connectivity index (χ0n) is 13.2. The fourth-order valence-corrected chi connectivity index (χ4v) is 3.33. The van der Waals surface area contributed by atoms with Gasteiger partial charge in [0, 0.05) is 30.5 Å². The first-order valence-electron chi connectivity index (χ1n) is 7.95. The minimum Gasteiger partial charge on any atom is -0.352 e. The smallest absolute Gasteiger partial charge is 0.225 e. The van der Waals surface area contributed by atoms with Crippen molar-refractivity contribution >= 4 is 27.7 Å². The number of nitrogens with one attached hydrogen (secondary N) is 1. The summed E-state index contributed by atoms with van der Waals surface area (Å²) < 4.78 is 0.990. The van der Waals surface area contributed by atoms with Crippen LogP contribution in [-0.4, -0.2) is 23.3 Å². The first-order valence-corrected chi connectivity index (χ1v) is 8.75. The van der Waals surface area contributed by atoms with Crippen molar-refractivity contribution in [3.05, 3.63) is 70.2 Å². The number of hydrogen-bond acceptors (Lipinski definition) is 2. The van der Waals surface area contributed by atoms with Crippen LogP contribution in [0.15, 0.2) is 59.1 Å². The molecule has 0 spiro atoms. The van der Waals surface area contributed by atoms with Gasteiger partial charge in [0.2, 0.25) is 11.8 Å². The van der Waals surface area contributed by atoms with Crippen molar-refractivity contribution in [3.63, 3.8) is 0 Å². The molecule has 0 saturated carbocycles. The number of hydrogen-bond donors (Lipinski definition) is 1. The Labute approximate surface area is 150 Å². The van der Waals surface area contributed by atoms with Crippen LogP contribution in [-0.2, 0) is 22.7 Å². The molecule has 24 heavy (non-hydrogen) atoms. The van der Waals surface area contributed by atoms with Gasteiger partial charge in [-0.05, 0) is 23.3 Å². The molecule has 1 aliphatic rings. The summed E-state index contributed by atoms with van der Waals surface area (Å²) in [5, 5.41) is 2.93. The molecule has 2 aromatic carbocycles. The second-order valence-corrected chi connectivity index (χ2v) is 6.92. The molecule has 1 saturated heterocycles. The lowest BCUT2D eigenvalue weighted by Gasteiger charge is -2.17. The Hall–Kier alpha value is -2.14. The van der Waals surface area contributed by atoms with Crippen LogP contribution in [0, 0.1) is 5.92 Å². The van der Waals surface area contributed by atoms with Gasteiger partial charge in [0.1, 0.15) is 0 Å². The number of likely N-dealkylation sites (tertiary alicyclic amines) is 1. The number of carbonyl (C=O) groups is 2. The van der Waals surface area contributed by atoms with Crippen molar-refractivity contribution < 1.29 is 9.59 Å². The summed E-state index contributed by atoms with van der Waals surface area (Å²) in [6.45, 7) is 1.52. The third kappa shape index (κ3) is 4.23. The van der Waals surface area contributed by atoms with E-state index in [-0.39, 0.29) is 24.2 Å². The summed E-state index contributed by atoms with van der Waals surface area (Å²) >= 11 is 3.44. The molecule has 0 aromatic heterocycles. The van der Waals surface area contributed by atoms with E-state index in [1.165, 1.54) is 0 Å². The molecule has 0 aliphatic carbocycles. The van der Waals surface area contributed by atoms with Crippen molar-refractivity contribution in [3.8, 4) is 0 Å². The molecule has 1 unspecified atom stereocenters. The Balaban J connectivity index is 1.55. The molecule has 5 heteroatoms. The number of nitrogens with zero attached hydrogens (tertiary/aromatic N) is 1. The normalized spacial score (nSPS) is 17.1. The molecular weight excluding hydrogens is 368 g/mol. The van der Waals surface area contributed by atoms with E-state index in [2.05, 4.69) is 21.2 Å². The zero-order valence-corrected chi connectivity index (χ0v) is 14.8. The van der Waals surface area contributed by atoms with Crippen LogP contribution in [0.4, 0.5) is 0 Å². The molecule has 1 aliphatic heterocycles. The zero-order chi connectivity index (χ0) is 16.9. The molecule has 124 valence electrons. The van der Waals surface area contributed by atoms with Gasteiger partial charge in [-0.3, -0.25) is 9.59 Å². The molecular formula is C19H19BrN2O2. The standard InChI is InChI=1S/C19H19BrN2O2/c20-17-8-4-7-15(9-17)12-22-13-16(10-18(22)23)19(24)21-11-14-5-2-1-3-6-14/h1-9,16H,10-13H2,(H,21,24). The van der Waals surface area contributed by atoms with E-state index in [0.29, 0.717) is 19.6 Å². The lowest BCUT2D eigenvalue weighted by molar-refractivity contribution is -0.129. The number of benzene rings is 2. The van der Waals surface area contributed by atoms with Gasteiger partial charge in [0.05, 0.1) is 5.92 Å². The van der Waals surface area contributed by atoms with E-state index in [1.54, 1.807) is 4.90 Å². The molecule has 1 fully saturated rings. The van der Waals surface area contributed by atoms with Crippen LogP contribution < -0.4 is 5.32 Å². The van der Waals surface area contributed by atoms with E-state index in [9.17, 15) is 9.59 Å². The Kier molecular flexibility index (Phi) is 5.30. The average Bonchev–Trinajstić information content (AvgIpc) is 2.94. The van der Waals surface area contributed by atoms with E-state index >= 15 is 0 Å². The van der Waals surface area contributed by atoms with Crippen LogP contribution in [0.2, 0.25) is 0 Å². The molecule has 1 heterocycles. The molecule has 1 N–H and O–H groups in total. The number of rotatable bonds is 5. The van der Waals surface area contributed by atoms with Gasteiger partial charge < -0.3 is 10.2 Å². The van der Waals surface area contributed by atoms with Crippen LogP contribution in [0.5, 0.6) is 0 Å². The monoisotopic (exact) mass is 386 g/mol. The van der Waals surface area contributed by atoms with E-state index in [1.807, 2.05) is 54.6 Å². The summed E-state index contributed by atoms with van der Waals surface area (Å²) in [5.74, 6) is -0.285. The third-order valence-corrected chi connectivity index (χ3v) is 4.65. The molecule has 0 bridgehead atoms. The molecule has 3 rings (SSSR count). The average molecular weight is 387 g/mol. The predicted molar refractivity (Wildman–Crippen MR) is 96.0 cm³/mol. The highest BCUT2D eigenvalue weighted by Crippen LogP contribution is 2.21. The molecule has 4 nitrogen and oxygen atoms in total. The lowest BCUT2D eigenvalue weighted by atomic mass is 10.1. The largest absolute Gasteiger partial charge is 0.352 e. The minimum absolute atomic E-state index is 0.0369. The van der Waals surface area contributed by atoms with Crippen LogP contribution >= 0.6 is 15.9 Å². The van der Waals surface area contributed by atoms with Gasteiger partial charge in [-0.2, -0.15) is 0 Å². The van der Waals surface area contributed by atoms with Gasteiger partial charge >= 0.3 is 0 Å². The summed E-state index contributed by atoms with van der Waals surface area (Å²) in [6, 6.07) is 17.7. The number of amides is 2. The highest BCUT2D eigenvalue weighted by Gasteiger charge is 2.34. The highest BCUT2D eigenvalue weighted by molar-refractivity contribution is 9.10. The van der Waals surface area contributed by atoms with Crippen molar-refractivity contribution in [1.29, 1.82) is 0 Å². The summed E-state index contributed by atoms with van der Waals surface area (Å²) in [5.41, 5.74) is 2.12. The summed E-state index contributed by atoms with van der Waals surface area (Å²) in [6.07, 6.45) is 0.286. The van der Waals surface area contributed by atoms with Gasteiger partial charge in [-0.1, -0.05) is 58.4 Å². The quantitative estimate of drug-likeness (QED) is 0.857. The summed E-state index contributed by atoms with van der Waals surface area (Å²) in [4.78, 5) is 26.3. The first-order chi connectivity index (χ1) is 11.6. The van der Waals surface area contributed by atoms with Gasteiger partial charge in [-0.15, -0.1) is 0 Å². The molecule has 0 radical (unpaired) electrons. The topological polar surface area (TPSA) is 49.4 Å². The van der Waals surface area contributed by atoms with E-state index < -0.39 is 0 Å². The maximum Gasteiger partial charge on any atom is 0.225 e. The lowest BCUT2D eigenvalue weighted by Crippen LogP contribution is -2.32. The SMILES string of the molecule is O=C(NCc1ccccc1)C1CC(=O)N(Cc2cccc(Br)c2)C1. The van der Waals surface area contributed by atoms with Crippen molar-refractivity contribution in [2.75, 3.05) is 6.54 Å². The molecule has 2 aromatic rings. The van der Waals surface area contributed by atoms with Crippen LogP contribution in [0.3, 0.4) is 0 Å². The minimum atomic E-state index is -0.270. The van der Waals surface area contributed by atoms with Crippen molar-refractivity contribution in [1.82, 2.24) is 10.2 Å². The fourth-order valence-electron chi connectivity index (χ4n) is 2.89. The van der Waals surface area contributed by atoms with Crippen molar-refractivity contribution in [2.24, 2.45) is 5.92 Å². The van der Waals surface area contributed by atoms with Crippen molar-refractivity contribution in [2.45, 2.75) is 19.5 Å². The second kappa shape index (κ2) is 7.62. The Morgan fingerprint density at radius 1 is 1.12 bits per heavy atom. The molecule has 2 amide bonds. The maximum absolute atomic E-state index is 12.3. The second-order valence-electron chi connectivity index (χ2n) is 6.01. The van der Waals surface area contributed by atoms with Gasteiger partial charge in [-0.25, -0.2) is 0 Å². The Bertz CT molecular complexity index is 733. The van der Waals surface area contributed by atoms with E-state index in [4.69, 9.17) is 0 Å². The highest BCUT2D eigenvalue weighted by atomic mass is 79.9. The van der Waals surface area contributed by atoms with Gasteiger partial charge in [0.25, 0.3) is 0 Å². The number of halogens is 1. The first kappa shape index (κ1) is 16.7. The fraction of sp³-hybridized carbons (Fsp3) is 0.263. The third-order valence-electron chi connectivity index (χ3n) is 4.16. The van der Waals surface area contributed by atoms with Gasteiger partial charge in [0.15, 0.2) is 0 Å². The number of carbonyl (C=O) groups excluding carboxylic acids is 2.